The smallest absolute Gasteiger partial charge is 0.287 e. The van der Waals surface area contributed by atoms with E-state index in [0.29, 0.717) is 34.1 Å². The number of anilines is 1. The molecule has 1 N–H and O–H groups in total. The summed E-state index contributed by atoms with van der Waals surface area (Å²) in [7, 11) is 0. The molecule has 0 aliphatic rings. The standard InChI is InChI=1S/C21H16BrN3O4/c1-13-9-19-23-17(11-20(26)25(19)29-13)12-28-18-4-2-3-16(10-18)24-21(27)14-5-7-15(22)8-6-14/h2-11H,12H2,1H3,(H,24,27). The third-order valence-electron chi connectivity index (χ3n) is 4.11. The van der Waals surface area contributed by atoms with Gasteiger partial charge in [0.1, 0.15) is 18.1 Å². The summed E-state index contributed by atoms with van der Waals surface area (Å²) in [5.41, 5.74) is 1.76. The summed E-state index contributed by atoms with van der Waals surface area (Å²) in [5.74, 6) is 0.927. The molecular formula is C21H16BrN3O4. The lowest BCUT2D eigenvalue weighted by atomic mass is 10.2. The summed E-state index contributed by atoms with van der Waals surface area (Å²) in [6.45, 7) is 1.86. The third-order valence-corrected chi connectivity index (χ3v) is 4.64. The fourth-order valence-electron chi connectivity index (χ4n) is 2.77. The van der Waals surface area contributed by atoms with Crippen LogP contribution in [0.2, 0.25) is 0 Å². The maximum Gasteiger partial charge on any atom is 0.287 e. The van der Waals surface area contributed by atoms with Crippen molar-refractivity contribution in [3.05, 3.63) is 92.5 Å². The Kier molecular flexibility index (Phi) is 5.18. The molecule has 2 heterocycles. The largest absolute Gasteiger partial charge is 0.487 e. The number of fused-ring (bicyclic) bond motifs is 1. The minimum atomic E-state index is -0.308. The molecule has 2 aromatic heterocycles. The molecule has 7 nitrogen and oxygen atoms in total. The second-order valence-electron chi connectivity index (χ2n) is 6.36. The van der Waals surface area contributed by atoms with E-state index >= 15 is 0 Å². The van der Waals surface area contributed by atoms with Crippen LogP contribution in [0, 0.1) is 6.92 Å². The van der Waals surface area contributed by atoms with Crippen LogP contribution in [0.1, 0.15) is 21.8 Å². The van der Waals surface area contributed by atoms with Crippen molar-refractivity contribution in [2.45, 2.75) is 13.5 Å². The summed E-state index contributed by atoms with van der Waals surface area (Å²) in [6.07, 6.45) is 0. The third kappa shape index (κ3) is 4.38. The van der Waals surface area contributed by atoms with Crippen molar-refractivity contribution < 1.29 is 14.1 Å². The highest BCUT2D eigenvalue weighted by Gasteiger charge is 2.09. The first-order chi connectivity index (χ1) is 14.0. The van der Waals surface area contributed by atoms with Gasteiger partial charge in [-0.15, -0.1) is 4.57 Å². The molecule has 0 aliphatic carbocycles. The molecule has 0 atom stereocenters. The fraction of sp³-hybridized carbons (Fsp3) is 0.0952. The van der Waals surface area contributed by atoms with Crippen LogP contribution < -0.4 is 15.6 Å². The van der Waals surface area contributed by atoms with Gasteiger partial charge in [0, 0.05) is 33.9 Å². The normalized spacial score (nSPS) is 10.8. The van der Waals surface area contributed by atoms with Gasteiger partial charge in [0.05, 0.1) is 5.69 Å². The summed E-state index contributed by atoms with van der Waals surface area (Å²) >= 11 is 3.35. The number of hydrogen-bond donors (Lipinski definition) is 1. The Labute approximate surface area is 174 Å². The van der Waals surface area contributed by atoms with Crippen molar-refractivity contribution in [3.8, 4) is 5.75 Å². The zero-order valence-corrected chi connectivity index (χ0v) is 17.0. The molecule has 0 unspecified atom stereocenters. The molecule has 1 amide bonds. The number of carbonyl (C=O) groups is 1. The molecule has 0 fully saturated rings. The monoisotopic (exact) mass is 453 g/mol. The summed E-state index contributed by atoms with van der Waals surface area (Å²) in [6, 6.07) is 17.2. The number of nitrogens with zero attached hydrogens (tertiary/aromatic N) is 2. The highest BCUT2D eigenvalue weighted by atomic mass is 79.9. The first-order valence-electron chi connectivity index (χ1n) is 8.77. The Morgan fingerprint density at radius 1 is 1.17 bits per heavy atom. The van der Waals surface area contributed by atoms with Crippen molar-refractivity contribution >= 4 is 33.2 Å². The van der Waals surface area contributed by atoms with Gasteiger partial charge in [-0.25, -0.2) is 4.98 Å². The van der Waals surface area contributed by atoms with Gasteiger partial charge < -0.3 is 14.6 Å². The van der Waals surface area contributed by atoms with Crippen LogP contribution in [0.25, 0.3) is 5.65 Å². The van der Waals surface area contributed by atoms with E-state index in [4.69, 9.17) is 9.26 Å². The van der Waals surface area contributed by atoms with Gasteiger partial charge >= 0.3 is 0 Å². The number of halogens is 1. The molecule has 0 aliphatic heterocycles. The van der Waals surface area contributed by atoms with E-state index in [0.717, 1.165) is 9.05 Å². The number of benzene rings is 2. The molecule has 0 bridgehead atoms. The van der Waals surface area contributed by atoms with E-state index < -0.39 is 0 Å². The van der Waals surface area contributed by atoms with Crippen molar-refractivity contribution in [2.24, 2.45) is 0 Å². The second-order valence-corrected chi connectivity index (χ2v) is 7.28. The highest BCUT2D eigenvalue weighted by molar-refractivity contribution is 9.10. The SMILES string of the molecule is Cc1cc2nc(COc3cccc(NC(=O)c4ccc(Br)cc4)c3)cc(=O)n2o1. The topological polar surface area (TPSA) is 85.8 Å². The predicted molar refractivity (Wildman–Crippen MR) is 111 cm³/mol. The number of carbonyl (C=O) groups excluding carboxylic acids is 1. The van der Waals surface area contributed by atoms with Gasteiger partial charge in [-0.3, -0.25) is 9.59 Å². The van der Waals surface area contributed by atoms with Crippen LogP contribution in [0.3, 0.4) is 0 Å². The molecule has 0 saturated carbocycles. The lowest BCUT2D eigenvalue weighted by molar-refractivity contribution is 0.102. The molecule has 146 valence electrons. The number of ether oxygens (including phenoxy) is 1. The van der Waals surface area contributed by atoms with Crippen LogP contribution in [0.5, 0.6) is 5.75 Å². The van der Waals surface area contributed by atoms with E-state index in [2.05, 4.69) is 26.2 Å². The summed E-state index contributed by atoms with van der Waals surface area (Å²) < 4.78 is 13.1. The van der Waals surface area contributed by atoms with Crippen molar-refractivity contribution in [3.63, 3.8) is 0 Å². The van der Waals surface area contributed by atoms with Crippen LogP contribution in [-0.4, -0.2) is 15.5 Å². The summed E-state index contributed by atoms with van der Waals surface area (Å²) in [4.78, 5) is 28.8. The first-order valence-corrected chi connectivity index (χ1v) is 9.57. The van der Waals surface area contributed by atoms with Gasteiger partial charge in [-0.05, 0) is 43.3 Å². The van der Waals surface area contributed by atoms with E-state index in [1.165, 1.54) is 6.07 Å². The summed E-state index contributed by atoms with van der Waals surface area (Å²) in [5, 5.41) is 2.84. The minimum Gasteiger partial charge on any atom is -0.487 e. The molecule has 0 spiro atoms. The average Bonchev–Trinajstić information content (AvgIpc) is 3.08. The van der Waals surface area contributed by atoms with Crippen molar-refractivity contribution in [2.75, 3.05) is 5.32 Å². The van der Waals surface area contributed by atoms with Crippen LogP contribution in [0.4, 0.5) is 5.69 Å². The van der Waals surface area contributed by atoms with E-state index in [9.17, 15) is 9.59 Å². The first kappa shape index (κ1) is 18.9. The lowest BCUT2D eigenvalue weighted by Gasteiger charge is -2.09. The zero-order valence-electron chi connectivity index (χ0n) is 15.4. The fourth-order valence-corrected chi connectivity index (χ4v) is 3.04. The molecule has 8 heteroatoms. The van der Waals surface area contributed by atoms with Gasteiger partial charge in [0.15, 0.2) is 5.65 Å². The maximum absolute atomic E-state index is 12.4. The quantitative estimate of drug-likeness (QED) is 0.489. The maximum atomic E-state index is 12.4. The van der Waals surface area contributed by atoms with Crippen LogP contribution >= 0.6 is 15.9 Å². The van der Waals surface area contributed by atoms with Gasteiger partial charge in [0.2, 0.25) is 0 Å². The molecule has 29 heavy (non-hydrogen) atoms. The van der Waals surface area contributed by atoms with Crippen molar-refractivity contribution in [1.29, 1.82) is 0 Å². The number of nitrogens with one attached hydrogen (secondary N) is 1. The Morgan fingerprint density at radius 3 is 2.76 bits per heavy atom. The number of aryl methyl sites for hydroxylation is 1. The predicted octanol–water partition coefficient (Wildman–Crippen LogP) is 4.19. The lowest BCUT2D eigenvalue weighted by Crippen LogP contribution is -2.14. The Bertz CT molecular complexity index is 1250. The Hall–Kier alpha value is -3.39. The second kappa shape index (κ2) is 7.92. The Morgan fingerprint density at radius 2 is 1.97 bits per heavy atom. The molecule has 0 radical (unpaired) electrons. The van der Waals surface area contributed by atoms with Crippen LogP contribution in [-0.2, 0) is 6.61 Å². The van der Waals surface area contributed by atoms with E-state index in [1.807, 2.05) is 12.1 Å². The number of amides is 1. The highest BCUT2D eigenvalue weighted by Crippen LogP contribution is 2.20. The molecule has 0 saturated heterocycles. The molecule has 4 aromatic rings. The van der Waals surface area contributed by atoms with Crippen molar-refractivity contribution in [1.82, 2.24) is 9.56 Å². The zero-order chi connectivity index (χ0) is 20.4. The molecule has 2 aromatic carbocycles. The molecular weight excluding hydrogens is 438 g/mol. The van der Waals surface area contributed by atoms with Gasteiger partial charge in [0.25, 0.3) is 11.5 Å². The number of rotatable bonds is 5. The Balaban J connectivity index is 1.46. The van der Waals surface area contributed by atoms with Gasteiger partial charge in [-0.1, -0.05) is 22.0 Å². The average molecular weight is 454 g/mol. The minimum absolute atomic E-state index is 0.111. The number of hydrogen-bond acceptors (Lipinski definition) is 5. The number of aromatic nitrogens is 2. The van der Waals surface area contributed by atoms with Gasteiger partial charge in [-0.2, -0.15) is 0 Å². The van der Waals surface area contributed by atoms with E-state index in [-0.39, 0.29) is 18.1 Å². The molecule has 4 rings (SSSR count). The van der Waals surface area contributed by atoms with E-state index in [1.54, 1.807) is 49.4 Å². The van der Waals surface area contributed by atoms with Crippen LogP contribution in [0.15, 0.2) is 74.5 Å².